The van der Waals surface area contributed by atoms with Gasteiger partial charge < -0.3 is 20.3 Å². The minimum Gasteiger partial charge on any atom is -0.497 e. The molecule has 1 atom stereocenters. The summed E-state index contributed by atoms with van der Waals surface area (Å²) in [6, 6.07) is 11.9. The number of methoxy groups -OCH3 is 1. The molecular formula is C22H26F3N3O2. The first-order valence-corrected chi connectivity index (χ1v) is 9.90. The lowest BCUT2D eigenvalue weighted by Crippen LogP contribution is -2.48. The molecule has 1 saturated heterocycles. The lowest BCUT2D eigenvalue weighted by atomic mass is 10.0. The molecule has 2 aromatic carbocycles. The van der Waals surface area contributed by atoms with E-state index in [9.17, 15) is 18.0 Å². The van der Waals surface area contributed by atoms with Gasteiger partial charge in [0.2, 0.25) is 0 Å². The molecule has 0 radical (unpaired) electrons. The van der Waals surface area contributed by atoms with E-state index in [-0.39, 0.29) is 11.6 Å². The quantitative estimate of drug-likeness (QED) is 0.733. The number of carbonyl (C=O) groups excluding carboxylic acids is 1. The SMILES string of the molecule is COc1ccc(N2CCC(NC(=O)NC(C)c3ccccc3C(F)(F)F)CC2)cc1. The largest absolute Gasteiger partial charge is 0.497 e. The van der Waals surface area contributed by atoms with Crippen LogP contribution >= 0.6 is 0 Å². The zero-order valence-corrected chi connectivity index (χ0v) is 17.0. The summed E-state index contributed by atoms with van der Waals surface area (Å²) in [6.07, 6.45) is -2.95. The standard InChI is InChI=1S/C22H26F3N3O2/c1-15(19-5-3-4-6-20(19)22(23,24)25)26-21(29)27-16-11-13-28(14-12-16)17-7-9-18(30-2)10-8-17/h3-10,15-16H,11-14H2,1-2H3,(H2,26,27,29). The fraction of sp³-hybridized carbons (Fsp3) is 0.409. The van der Waals surface area contributed by atoms with Crippen LogP contribution in [0.25, 0.3) is 0 Å². The fourth-order valence-electron chi connectivity index (χ4n) is 3.71. The van der Waals surface area contributed by atoms with Crippen molar-refractivity contribution < 1.29 is 22.7 Å². The molecule has 8 heteroatoms. The van der Waals surface area contributed by atoms with Gasteiger partial charge in [-0.3, -0.25) is 0 Å². The summed E-state index contributed by atoms with van der Waals surface area (Å²) in [6.45, 7) is 3.11. The zero-order valence-electron chi connectivity index (χ0n) is 17.0. The predicted octanol–water partition coefficient (Wildman–Crippen LogP) is 4.74. The Bertz CT molecular complexity index is 847. The van der Waals surface area contributed by atoms with E-state index in [4.69, 9.17) is 4.74 Å². The molecule has 0 aromatic heterocycles. The smallest absolute Gasteiger partial charge is 0.416 e. The summed E-state index contributed by atoms with van der Waals surface area (Å²) in [5.41, 5.74) is 0.413. The molecule has 1 unspecified atom stereocenters. The highest BCUT2D eigenvalue weighted by atomic mass is 19.4. The number of nitrogens with zero attached hydrogens (tertiary/aromatic N) is 1. The van der Waals surface area contributed by atoms with Gasteiger partial charge in [-0.25, -0.2) is 4.79 Å². The van der Waals surface area contributed by atoms with Crippen molar-refractivity contribution in [3.8, 4) is 5.75 Å². The number of ether oxygens (including phenoxy) is 1. The van der Waals surface area contributed by atoms with Crippen molar-refractivity contribution in [1.82, 2.24) is 10.6 Å². The van der Waals surface area contributed by atoms with E-state index in [0.717, 1.165) is 43.4 Å². The second kappa shape index (κ2) is 9.28. The molecule has 0 spiro atoms. The summed E-state index contributed by atoms with van der Waals surface area (Å²) in [5.74, 6) is 0.799. The van der Waals surface area contributed by atoms with Crippen molar-refractivity contribution in [3.63, 3.8) is 0 Å². The summed E-state index contributed by atoms with van der Waals surface area (Å²) in [7, 11) is 1.62. The lowest BCUT2D eigenvalue weighted by Gasteiger charge is -2.34. The number of amides is 2. The predicted molar refractivity (Wildman–Crippen MR) is 110 cm³/mol. The Hall–Kier alpha value is -2.90. The molecule has 0 bridgehead atoms. The van der Waals surface area contributed by atoms with Gasteiger partial charge in [0.05, 0.1) is 18.7 Å². The maximum Gasteiger partial charge on any atom is 0.416 e. The number of rotatable bonds is 5. The van der Waals surface area contributed by atoms with Crippen LogP contribution in [-0.2, 0) is 6.18 Å². The third-order valence-corrected chi connectivity index (χ3v) is 5.35. The molecule has 2 N–H and O–H groups in total. The zero-order chi connectivity index (χ0) is 21.7. The number of anilines is 1. The molecule has 162 valence electrons. The minimum atomic E-state index is -4.46. The van der Waals surface area contributed by atoms with Gasteiger partial charge in [-0.2, -0.15) is 13.2 Å². The van der Waals surface area contributed by atoms with Gasteiger partial charge in [0, 0.05) is 24.8 Å². The highest BCUT2D eigenvalue weighted by Crippen LogP contribution is 2.34. The van der Waals surface area contributed by atoms with E-state index in [1.54, 1.807) is 14.0 Å². The number of urea groups is 1. The number of piperidine rings is 1. The Morgan fingerprint density at radius 1 is 1.10 bits per heavy atom. The number of alkyl halides is 3. The molecule has 5 nitrogen and oxygen atoms in total. The first-order chi connectivity index (χ1) is 14.3. The van der Waals surface area contributed by atoms with Crippen LogP contribution < -0.4 is 20.3 Å². The number of hydrogen-bond donors (Lipinski definition) is 2. The van der Waals surface area contributed by atoms with Gasteiger partial charge in [0.25, 0.3) is 0 Å². The van der Waals surface area contributed by atoms with E-state index < -0.39 is 23.8 Å². The van der Waals surface area contributed by atoms with Crippen molar-refractivity contribution in [3.05, 3.63) is 59.7 Å². The first-order valence-electron chi connectivity index (χ1n) is 9.90. The second-order valence-electron chi connectivity index (χ2n) is 7.38. The third kappa shape index (κ3) is 5.37. The van der Waals surface area contributed by atoms with Crippen LogP contribution in [-0.4, -0.2) is 32.3 Å². The molecule has 0 saturated carbocycles. The summed E-state index contributed by atoms with van der Waals surface area (Å²) >= 11 is 0. The minimum absolute atomic E-state index is 0.0236. The van der Waals surface area contributed by atoms with Gasteiger partial charge >= 0.3 is 12.2 Å². The fourth-order valence-corrected chi connectivity index (χ4v) is 3.71. The van der Waals surface area contributed by atoms with Crippen LogP contribution in [0, 0.1) is 0 Å². The van der Waals surface area contributed by atoms with E-state index in [1.165, 1.54) is 18.2 Å². The van der Waals surface area contributed by atoms with Crippen LogP contribution in [0.4, 0.5) is 23.7 Å². The monoisotopic (exact) mass is 421 g/mol. The summed E-state index contributed by atoms with van der Waals surface area (Å²) in [5, 5.41) is 5.52. The Morgan fingerprint density at radius 2 is 1.73 bits per heavy atom. The average Bonchev–Trinajstić information content (AvgIpc) is 2.73. The second-order valence-corrected chi connectivity index (χ2v) is 7.38. The molecule has 1 heterocycles. The average molecular weight is 421 g/mol. The number of halogens is 3. The highest BCUT2D eigenvalue weighted by Gasteiger charge is 2.34. The number of benzene rings is 2. The summed E-state index contributed by atoms with van der Waals surface area (Å²) in [4.78, 5) is 14.6. The molecule has 1 aliphatic rings. The molecule has 3 rings (SSSR count). The lowest BCUT2D eigenvalue weighted by molar-refractivity contribution is -0.138. The molecular weight excluding hydrogens is 395 g/mol. The van der Waals surface area contributed by atoms with Gasteiger partial charge in [0.1, 0.15) is 5.75 Å². The van der Waals surface area contributed by atoms with Crippen LogP contribution in [0.1, 0.15) is 36.9 Å². The molecule has 2 aromatic rings. The van der Waals surface area contributed by atoms with Crippen molar-refractivity contribution >= 4 is 11.7 Å². The molecule has 0 aliphatic carbocycles. The van der Waals surface area contributed by atoms with Crippen molar-refractivity contribution in [2.75, 3.05) is 25.1 Å². The molecule has 1 aliphatic heterocycles. The Kier molecular flexibility index (Phi) is 6.74. The number of hydrogen-bond acceptors (Lipinski definition) is 3. The third-order valence-electron chi connectivity index (χ3n) is 5.35. The van der Waals surface area contributed by atoms with Crippen LogP contribution in [0.15, 0.2) is 48.5 Å². The van der Waals surface area contributed by atoms with E-state index in [0.29, 0.717) is 0 Å². The van der Waals surface area contributed by atoms with E-state index in [2.05, 4.69) is 15.5 Å². The van der Waals surface area contributed by atoms with Crippen molar-refractivity contribution in [1.29, 1.82) is 0 Å². The first kappa shape index (κ1) is 21.8. The Morgan fingerprint density at radius 3 is 2.33 bits per heavy atom. The van der Waals surface area contributed by atoms with Gasteiger partial charge in [0.15, 0.2) is 0 Å². The van der Waals surface area contributed by atoms with E-state index in [1.807, 2.05) is 24.3 Å². The summed E-state index contributed by atoms with van der Waals surface area (Å²) < 4.78 is 44.8. The molecule has 30 heavy (non-hydrogen) atoms. The van der Waals surface area contributed by atoms with Crippen LogP contribution in [0.2, 0.25) is 0 Å². The Labute approximate surface area is 174 Å². The van der Waals surface area contributed by atoms with Gasteiger partial charge in [-0.05, 0) is 55.7 Å². The maximum absolute atomic E-state index is 13.2. The van der Waals surface area contributed by atoms with Crippen molar-refractivity contribution in [2.45, 2.75) is 38.0 Å². The molecule has 2 amide bonds. The van der Waals surface area contributed by atoms with Gasteiger partial charge in [-0.15, -0.1) is 0 Å². The highest BCUT2D eigenvalue weighted by molar-refractivity contribution is 5.75. The number of carbonyl (C=O) groups is 1. The normalized spacial score (nSPS) is 16.1. The Balaban J connectivity index is 1.51. The topological polar surface area (TPSA) is 53.6 Å². The van der Waals surface area contributed by atoms with Crippen LogP contribution in [0.3, 0.4) is 0 Å². The maximum atomic E-state index is 13.2. The molecule has 1 fully saturated rings. The van der Waals surface area contributed by atoms with E-state index >= 15 is 0 Å². The van der Waals surface area contributed by atoms with Gasteiger partial charge in [-0.1, -0.05) is 18.2 Å². The van der Waals surface area contributed by atoms with Crippen LogP contribution in [0.5, 0.6) is 5.75 Å². The number of nitrogens with one attached hydrogen (secondary N) is 2. The van der Waals surface area contributed by atoms with Crippen molar-refractivity contribution in [2.24, 2.45) is 0 Å².